The van der Waals surface area contributed by atoms with Gasteiger partial charge in [-0.05, 0) is 35.0 Å². The van der Waals surface area contributed by atoms with E-state index in [4.69, 9.17) is 9.97 Å². The molecule has 0 radical (unpaired) electrons. The van der Waals surface area contributed by atoms with Gasteiger partial charge >= 0.3 is 0 Å². The van der Waals surface area contributed by atoms with Gasteiger partial charge in [0, 0.05) is 52.0 Å². The van der Waals surface area contributed by atoms with Gasteiger partial charge < -0.3 is 0 Å². The van der Waals surface area contributed by atoms with E-state index >= 15 is 0 Å². The molecule has 0 saturated carbocycles. The van der Waals surface area contributed by atoms with Crippen LogP contribution in [0.4, 0.5) is 0 Å². The lowest BCUT2D eigenvalue weighted by molar-refractivity contribution is 1.02. The van der Waals surface area contributed by atoms with Crippen molar-refractivity contribution in [3.05, 3.63) is 127 Å². The Balaban J connectivity index is 1.42. The molecular formula is C38H21N3S2. The standard InChI is InChI=1S/C38H21N3S2/c1-2-12-23-22(10-1)11-9-16-25(23)35-34-28-15-5-8-19-31(28)43-37(34)40-38(39-35)41-29-17-6-3-13-24(29)26-20-21-32-33(36(26)41)27-14-4-7-18-30(27)42-32/h1-21H. The van der Waals surface area contributed by atoms with Crippen LogP contribution in [-0.4, -0.2) is 14.5 Å². The Morgan fingerprint density at radius 1 is 0.465 bits per heavy atom. The number of aromatic nitrogens is 3. The Morgan fingerprint density at radius 2 is 1.14 bits per heavy atom. The number of benzene rings is 6. The van der Waals surface area contributed by atoms with E-state index in [1.807, 2.05) is 11.3 Å². The maximum atomic E-state index is 5.52. The third-order valence-corrected chi connectivity index (χ3v) is 10.8. The van der Waals surface area contributed by atoms with Crippen molar-refractivity contribution in [3.8, 4) is 17.2 Å². The van der Waals surface area contributed by atoms with E-state index in [0.717, 1.165) is 27.0 Å². The summed E-state index contributed by atoms with van der Waals surface area (Å²) in [5, 5.41) is 9.68. The van der Waals surface area contributed by atoms with Crippen LogP contribution >= 0.6 is 22.7 Å². The summed E-state index contributed by atoms with van der Waals surface area (Å²) in [6.07, 6.45) is 0. The molecule has 3 nitrogen and oxygen atoms in total. The van der Waals surface area contributed by atoms with Crippen molar-refractivity contribution in [2.45, 2.75) is 0 Å². The molecule has 0 saturated heterocycles. The molecule has 4 aromatic heterocycles. The van der Waals surface area contributed by atoms with Crippen molar-refractivity contribution in [1.29, 1.82) is 0 Å². The van der Waals surface area contributed by atoms with E-state index in [1.54, 1.807) is 11.3 Å². The normalized spacial score (nSPS) is 12.2. The molecule has 0 bridgehead atoms. The molecule has 0 aliphatic rings. The average molecular weight is 584 g/mol. The molecular weight excluding hydrogens is 563 g/mol. The highest BCUT2D eigenvalue weighted by Crippen LogP contribution is 2.44. The third kappa shape index (κ3) is 3.23. The molecule has 43 heavy (non-hydrogen) atoms. The van der Waals surface area contributed by atoms with Crippen molar-refractivity contribution < 1.29 is 0 Å². The highest BCUT2D eigenvalue weighted by atomic mass is 32.1. The lowest BCUT2D eigenvalue weighted by Gasteiger charge is -2.12. The molecule has 10 aromatic rings. The molecule has 0 amide bonds. The monoisotopic (exact) mass is 583 g/mol. The fourth-order valence-electron chi connectivity index (χ4n) is 6.81. The van der Waals surface area contributed by atoms with Gasteiger partial charge in [0.25, 0.3) is 0 Å². The second-order valence-electron chi connectivity index (χ2n) is 11.0. The predicted octanol–water partition coefficient (Wildman–Crippen LogP) is 11.1. The van der Waals surface area contributed by atoms with Crippen molar-refractivity contribution in [1.82, 2.24) is 14.5 Å². The van der Waals surface area contributed by atoms with Gasteiger partial charge in [-0.25, -0.2) is 9.97 Å². The van der Waals surface area contributed by atoms with E-state index in [0.29, 0.717) is 5.95 Å². The van der Waals surface area contributed by atoms with E-state index in [2.05, 4.69) is 132 Å². The summed E-state index contributed by atoms with van der Waals surface area (Å²) < 4.78 is 6.10. The van der Waals surface area contributed by atoms with E-state index in [9.17, 15) is 0 Å². The molecule has 5 heteroatoms. The van der Waals surface area contributed by atoms with Gasteiger partial charge in [-0.3, -0.25) is 4.57 Å². The molecule has 0 aliphatic heterocycles. The smallest absolute Gasteiger partial charge is 0.236 e. The fraction of sp³-hybridized carbons (Fsp3) is 0. The molecule has 6 aromatic carbocycles. The zero-order valence-corrected chi connectivity index (χ0v) is 24.4. The summed E-state index contributed by atoms with van der Waals surface area (Å²) in [5.41, 5.74) is 4.38. The average Bonchev–Trinajstić information content (AvgIpc) is 3.73. The Labute approximate surface area is 253 Å². The van der Waals surface area contributed by atoms with Crippen molar-refractivity contribution in [3.63, 3.8) is 0 Å². The Morgan fingerprint density at radius 3 is 2.00 bits per heavy atom. The van der Waals surface area contributed by atoms with Crippen LogP contribution < -0.4 is 0 Å². The Bertz CT molecular complexity index is 2740. The Hall–Kier alpha value is -5.10. The largest absolute Gasteiger partial charge is 0.277 e. The van der Waals surface area contributed by atoms with Crippen molar-refractivity contribution in [2.75, 3.05) is 0 Å². The van der Waals surface area contributed by atoms with Crippen LogP contribution in [0.15, 0.2) is 127 Å². The number of nitrogens with zero attached hydrogens (tertiary/aromatic N) is 3. The first kappa shape index (κ1) is 23.5. The maximum absolute atomic E-state index is 5.52. The first-order valence-corrected chi connectivity index (χ1v) is 16.0. The zero-order valence-electron chi connectivity index (χ0n) is 22.8. The maximum Gasteiger partial charge on any atom is 0.236 e. The summed E-state index contributed by atoms with van der Waals surface area (Å²) in [4.78, 5) is 11.9. The molecule has 0 unspecified atom stereocenters. The van der Waals surface area contributed by atoms with E-state index in [1.165, 1.54) is 57.3 Å². The molecule has 0 aliphatic carbocycles. The Kier molecular flexibility index (Phi) is 4.75. The quantitative estimate of drug-likeness (QED) is 0.203. The SMILES string of the molecule is c1ccc2c(-c3nc(-n4c5ccccc5c5ccc6sc7ccccc7c6c54)nc4sc5ccccc5c34)cccc2c1. The zero-order chi connectivity index (χ0) is 28.1. The number of hydrogen-bond donors (Lipinski definition) is 0. The summed E-state index contributed by atoms with van der Waals surface area (Å²) in [7, 11) is 0. The molecule has 0 spiro atoms. The highest BCUT2D eigenvalue weighted by molar-refractivity contribution is 7.26. The van der Waals surface area contributed by atoms with Crippen LogP contribution in [0.2, 0.25) is 0 Å². The second-order valence-corrected chi connectivity index (χ2v) is 13.1. The first-order valence-electron chi connectivity index (χ1n) is 14.3. The number of hydrogen-bond acceptors (Lipinski definition) is 4. The van der Waals surface area contributed by atoms with Gasteiger partial charge in [0.1, 0.15) is 4.83 Å². The van der Waals surface area contributed by atoms with Gasteiger partial charge in [-0.1, -0.05) is 103 Å². The molecule has 200 valence electrons. The summed E-state index contributed by atoms with van der Waals surface area (Å²) in [5.74, 6) is 0.705. The number of fused-ring (bicyclic) bond motifs is 11. The van der Waals surface area contributed by atoms with Gasteiger partial charge in [-0.15, -0.1) is 22.7 Å². The summed E-state index contributed by atoms with van der Waals surface area (Å²) in [6.45, 7) is 0. The fourth-order valence-corrected chi connectivity index (χ4v) is 8.99. The van der Waals surface area contributed by atoms with Crippen LogP contribution in [-0.2, 0) is 0 Å². The number of para-hydroxylation sites is 1. The molecule has 4 heterocycles. The summed E-state index contributed by atoms with van der Waals surface area (Å²) >= 11 is 3.59. The molecule has 10 rings (SSSR count). The van der Waals surface area contributed by atoms with Crippen LogP contribution in [0.5, 0.6) is 0 Å². The van der Waals surface area contributed by atoms with Gasteiger partial charge in [-0.2, -0.15) is 0 Å². The number of rotatable bonds is 2. The van der Waals surface area contributed by atoms with Gasteiger partial charge in [0.15, 0.2) is 0 Å². The summed E-state index contributed by atoms with van der Waals surface area (Å²) in [6, 6.07) is 45.7. The van der Waals surface area contributed by atoms with Crippen molar-refractivity contribution in [2.24, 2.45) is 0 Å². The van der Waals surface area contributed by atoms with Gasteiger partial charge in [0.05, 0.1) is 16.7 Å². The van der Waals surface area contributed by atoms with Crippen LogP contribution in [0, 0.1) is 0 Å². The van der Waals surface area contributed by atoms with Gasteiger partial charge in [0.2, 0.25) is 5.95 Å². The second kappa shape index (κ2) is 8.71. The van der Waals surface area contributed by atoms with E-state index < -0.39 is 0 Å². The lowest BCUT2D eigenvalue weighted by atomic mass is 9.99. The first-order chi connectivity index (χ1) is 21.3. The lowest BCUT2D eigenvalue weighted by Crippen LogP contribution is -2.03. The molecule has 0 atom stereocenters. The number of thiophene rings is 2. The van der Waals surface area contributed by atoms with Crippen LogP contribution in [0.3, 0.4) is 0 Å². The van der Waals surface area contributed by atoms with E-state index in [-0.39, 0.29) is 0 Å². The van der Waals surface area contributed by atoms with Crippen LogP contribution in [0.1, 0.15) is 0 Å². The minimum absolute atomic E-state index is 0.705. The third-order valence-electron chi connectivity index (χ3n) is 8.65. The molecule has 0 N–H and O–H groups in total. The minimum Gasteiger partial charge on any atom is -0.277 e. The van der Waals surface area contributed by atoms with Crippen molar-refractivity contribution >= 4 is 95.7 Å². The van der Waals surface area contributed by atoms with Crippen LogP contribution in [0.25, 0.3) is 90.3 Å². The molecule has 0 fully saturated rings. The predicted molar refractivity (Wildman–Crippen MR) is 185 cm³/mol. The highest BCUT2D eigenvalue weighted by Gasteiger charge is 2.22. The topological polar surface area (TPSA) is 30.7 Å². The minimum atomic E-state index is 0.705.